The van der Waals surface area contributed by atoms with Crippen LogP contribution in [0.25, 0.3) is 22.1 Å². The van der Waals surface area contributed by atoms with E-state index in [0.717, 1.165) is 47.1 Å². The van der Waals surface area contributed by atoms with Gasteiger partial charge in [-0.25, -0.2) is 4.98 Å². The Morgan fingerprint density at radius 3 is 2.50 bits per heavy atom. The molecule has 0 saturated carbocycles. The maximum Gasteiger partial charge on any atom is 0.234 e. The molecule has 1 N–H and O–H groups in total. The van der Waals surface area contributed by atoms with Gasteiger partial charge in [-0.1, -0.05) is 86.3 Å². The van der Waals surface area contributed by atoms with Crippen molar-refractivity contribution >= 4 is 45.4 Å². The van der Waals surface area contributed by atoms with E-state index in [1.54, 1.807) is 0 Å². The summed E-state index contributed by atoms with van der Waals surface area (Å²) in [5.41, 5.74) is 6.02. The van der Waals surface area contributed by atoms with Gasteiger partial charge in [0.25, 0.3) is 0 Å². The third kappa shape index (κ3) is 5.26. The molecule has 0 fully saturated rings. The first-order valence-corrected chi connectivity index (χ1v) is 13.3. The van der Waals surface area contributed by atoms with Crippen molar-refractivity contribution < 1.29 is 4.79 Å². The fourth-order valence-corrected chi connectivity index (χ4v) is 4.90. The number of amides is 1. The van der Waals surface area contributed by atoms with Crippen LogP contribution < -0.4 is 5.32 Å². The molecule has 1 unspecified atom stereocenters. The van der Waals surface area contributed by atoms with Crippen molar-refractivity contribution in [1.82, 2.24) is 19.7 Å². The molecule has 5 aromatic rings. The zero-order valence-electron chi connectivity index (χ0n) is 20.5. The molecule has 1 atom stereocenters. The van der Waals surface area contributed by atoms with Crippen LogP contribution in [0.3, 0.4) is 0 Å². The molecule has 0 aliphatic carbocycles. The second-order valence-electron chi connectivity index (χ2n) is 8.94. The Morgan fingerprint density at radius 1 is 0.972 bits per heavy atom. The van der Waals surface area contributed by atoms with Crippen molar-refractivity contribution in [3.63, 3.8) is 0 Å². The Morgan fingerprint density at radius 2 is 1.72 bits per heavy atom. The summed E-state index contributed by atoms with van der Waals surface area (Å²) < 4.78 is 2.20. The highest BCUT2D eigenvalue weighted by Crippen LogP contribution is 2.28. The van der Waals surface area contributed by atoms with Crippen LogP contribution in [0.15, 0.2) is 84.0 Å². The fraction of sp³-hybridized carbons (Fsp3) is 0.241. The van der Waals surface area contributed by atoms with E-state index in [4.69, 9.17) is 4.98 Å². The molecular formula is C29H29N5OS. The number of carbonyl (C=O) groups excluding carboxylic acids is 1. The quantitative estimate of drug-likeness (QED) is 0.237. The number of thioether (sulfide) groups is 1. The highest BCUT2D eigenvalue weighted by Gasteiger charge is 2.15. The van der Waals surface area contributed by atoms with Gasteiger partial charge in [-0.2, -0.15) is 0 Å². The van der Waals surface area contributed by atoms with Crippen LogP contribution >= 0.6 is 11.8 Å². The summed E-state index contributed by atoms with van der Waals surface area (Å²) in [6.45, 7) is 5.16. The van der Waals surface area contributed by atoms with Gasteiger partial charge < -0.3 is 9.88 Å². The molecule has 0 bridgehead atoms. The lowest BCUT2D eigenvalue weighted by Gasteiger charge is -2.10. The van der Waals surface area contributed by atoms with Gasteiger partial charge in [-0.3, -0.25) is 4.79 Å². The van der Waals surface area contributed by atoms with Crippen LogP contribution in [-0.2, 0) is 17.8 Å². The first-order chi connectivity index (χ1) is 17.6. The highest BCUT2D eigenvalue weighted by molar-refractivity contribution is 7.99. The minimum atomic E-state index is -0.0930. The highest BCUT2D eigenvalue weighted by atomic mass is 32.2. The predicted molar refractivity (Wildman–Crippen MR) is 147 cm³/mol. The summed E-state index contributed by atoms with van der Waals surface area (Å²) >= 11 is 1.30. The lowest BCUT2D eigenvalue weighted by atomic mass is 9.99. The average molecular weight is 496 g/mol. The van der Waals surface area contributed by atoms with Crippen LogP contribution in [0.2, 0.25) is 0 Å². The molecule has 182 valence electrons. The number of anilines is 1. The van der Waals surface area contributed by atoms with Crippen molar-refractivity contribution in [3.8, 4) is 0 Å². The molecular weight excluding hydrogens is 466 g/mol. The Labute approximate surface area is 215 Å². The van der Waals surface area contributed by atoms with Gasteiger partial charge in [0.05, 0.1) is 11.3 Å². The summed E-state index contributed by atoms with van der Waals surface area (Å²) in [4.78, 5) is 17.4. The lowest BCUT2D eigenvalue weighted by Crippen LogP contribution is -2.14. The van der Waals surface area contributed by atoms with Gasteiger partial charge in [-0.15, -0.1) is 10.2 Å². The first kappa shape index (κ1) is 24.0. The van der Waals surface area contributed by atoms with Crippen LogP contribution in [0.1, 0.15) is 37.3 Å². The Balaban J connectivity index is 1.31. The molecule has 0 spiro atoms. The molecule has 0 aliphatic rings. The van der Waals surface area contributed by atoms with Crippen molar-refractivity contribution in [2.24, 2.45) is 0 Å². The van der Waals surface area contributed by atoms with Gasteiger partial charge in [0.2, 0.25) is 11.1 Å². The molecule has 3 aromatic carbocycles. The first-order valence-electron chi connectivity index (χ1n) is 12.3. The van der Waals surface area contributed by atoms with E-state index >= 15 is 0 Å². The molecule has 0 radical (unpaired) electrons. The molecule has 2 aromatic heterocycles. The van der Waals surface area contributed by atoms with Gasteiger partial charge in [0, 0.05) is 17.6 Å². The van der Waals surface area contributed by atoms with Crippen LogP contribution in [0, 0.1) is 0 Å². The third-order valence-corrected chi connectivity index (χ3v) is 7.37. The van der Waals surface area contributed by atoms with E-state index in [1.807, 2.05) is 30.3 Å². The van der Waals surface area contributed by atoms with E-state index < -0.39 is 0 Å². The molecule has 0 saturated heterocycles. The summed E-state index contributed by atoms with van der Waals surface area (Å²) in [6, 6.07) is 26.7. The number of rotatable bonds is 9. The van der Waals surface area contributed by atoms with Gasteiger partial charge >= 0.3 is 0 Å². The van der Waals surface area contributed by atoms with E-state index in [-0.39, 0.29) is 11.7 Å². The van der Waals surface area contributed by atoms with E-state index in [1.165, 1.54) is 22.9 Å². The normalized spacial score (nSPS) is 12.2. The molecule has 5 rings (SSSR count). The smallest absolute Gasteiger partial charge is 0.234 e. The molecule has 36 heavy (non-hydrogen) atoms. The van der Waals surface area contributed by atoms with E-state index in [9.17, 15) is 4.79 Å². The number of nitrogens with one attached hydrogen (secondary N) is 1. The van der Waals surface area contributed by atoms with E-state index in [2.05, 4.69) is 82.5 Å². The van der Waals surface area contributed by atoms with Gasteiger partial charge in [-0.05, 0) is 48.1 Å². The molecule has 2 heterocycles. The Bertz CT molecular complexity index is 1480. The Hall–Kier alpha value is -3.71. The third-order valence-electron chi connectivity index (χ3n) is 6.53. The van der Waals surface area contributed by atoms with Crippen molar-refractivity contribution in [2.75, 3.05) is 11.1 Å². The number of fused-ring (bicyclic) bond motifs is 3. The molecule has 0 aliphatic heterocycles. The summed E-state index contributed by atoms with van der Waals surface area (Å²) in [5, 5.41) is 13.3. The van der Waals surface area contributed by atoms with Crippen molar-refractivity contribution in [3.05, 3.63) is 90.0 Å². The number of carbonyl (C=O) groups is 1. The van der Waals surface area contributed by atoms with Crippen molar-refractivity contribution in [2.45, 2.75) is 44.3 Å². The summed E-state index contributed by atoms with van der Waals surface area (Å²) in [5.74, 6) is 0.627. The van der Waals surface area contributed by atoms with Crippen LogP contribution in [-0.4, -0.2) is 31.4 Å². The van der Waals surface area contributed by atoms with Crippen LogP contribution in [0.4, 0.5) is 5.69 Å². The summed E-state index contributed by atoms with van der Waals surface area (Å²) in [6.07, 6.45) is 1.98. The number of benzene rings is 3. The van der Waals surface area contributed by atoms with Gasteiger partial charge in [0.1, 0.15) is 5.52 Å². The largest absolute Gasteiger partial charge is 0.325 e. The molecule has 6 nitrogen and oxygen atoms in total. The number of hydrogen-bond donors (Lipinski definition) is 1. The predicted octanol–water partition coefficient (Wildman–Crippen LogP) is 6.47. The second kappa shape index (κ2) is 10.9. The number of nitrogens with zero attached hydrogens (tertiary/aromatic N) is 4. The zero-order valence-corrected chi connectivity index (χ0v) is 21.3. The standard InChI is InChI=1S/C29H29N5OS/c1-3-20(2)22-13-15-23(16-14-22)30-26(35)19-36-29-31-28-27(32-33-29)24-11-7-8-12-25(24)34(28)18-17-21-9-5-4-6-10-21/h4-16,20H,3,17-19H2,1-2H3,(H,30,35). The minimum absolute atomic E-state index is 0.0930. The molecule has 1 amide bonds. The monoisotopic (exact) mass is 495 g/mol. The fourth-order valence-electron chi connectivity index (χ4n) is 4.32. The average Bonchev–Trinajstić information content (AvgIpc) is 3.24. The Kier molecular flexibility index (Phi) is 7.28. The number of aromatic nitrogens is 4. The minimum Gasteiger partial charge on any atom is -0.325 e. The summed E-state index contributed by atoms with van der Waals surface area (Å²) in [7, 11) is 0. The number of aryl methyl sites for hydroxylation is 2. The zero-order chi connectivity index (χ0) is 24.9. The molecule has 7 heteroatoms. The van der Waals surface area contributed by atoms with Crippen molar-refractivity contribution in [1.29, 1.82) is 0 Å². The topological polar surface area (TPSA) is 72.7 Å². The van der Waals surface area contributed by atoms with Gasteiger partial charge in [0.15, 0.2) is 5.65 Å². The maximum atomic E-state index is 12.6. The lowest BCUT2D eigenvalue weighted by molar-refractivity contribution is -0.113. The van der Waals surface area contributed by atoms with E-state index in [0.29, 0.717) is 11.1 Å². The SMILES string of the molecule is CCC(C)c1ccc(NC(=O)CSc2nnc3c4ccccc4n(CCc4ccccc4)c3n2)cc1. The second-order valence-corrected chi connectivity index (χ2v) is 9.88. The number of hydrogen-bond acceptors (Lipinski definition) is 5. The number of para-hydroxylation sites is 1. The maximum absolute atomic E-state index is 12.6. The van der Waals surface area contributed by atoms with Crippen LogP contribution in [0.5, 0.6) is 0 Å².